The van der Waals surface area contributed by atoms with Crippen LogP contribution in [0.4, 0.5) is 5.82 Å². The molecule has 0 bridgehead atoms. The summed E-state index contributed by atoms with van der Waals surface area (Å²) in [6, 6.07) is 3.19. The molecule has 0 fully saturated rings. The predicted molar refractivity (Wildman–Crippen MR) is 65.5 cm³/mol. The number of anilines is 1. The maximum atomic E-state index is 11.4. The minimum absolute atomic E-state index is 0.261. The quantitative estimate of drug-likeness (QED) is 0.724. The van der Waals surface area contributed by atoms with Crippen molar-refractivity contribution in [3.63, 3.8) is 0 Å². The zero-order valence-corrected chi connectivity index (χ0v) is 10.7. The molecule has 0 aliphatic carbocycles. The van der Waals surface area contributed by atoms with Crippen LogP contribution in [-0.2, 0) is 14.3 Å². The summed E-state index contributed by atoms with van der Waals surface area (Å²) in [6.07, 6.45) is 1.79. The molecule has 0 saturated carbocycles. The molecule has 0 aromatic carbocycles. The largest absolute Gasteiger partial charge is 0.469 e. The first-order chi connectivity index (χ1) is 8.58. The Labute approximate surface area is 106 Å². The fourth-order valence-corrected chi connectivity index (χ4v) is 1.35. The average Bonchev–Trinajstić information content (AvgIpc) is 2.43. The molecule has 0 saturated heterocycles. The molecule has 1 aromatic rings. The van der Waals surface area contributed by atoms with Crippen LogP contribution < -0.4 is 4.90 Å². The smallest absolute Gasteiger partial charge is 0.338 e. The highest BCUT2D eigenvalue weighted by Crippen LogP contribution is 2.12. The second-order valence-corrected chi connectivity index (χ2v) is 3.64. The van der Waals surface area contributed by atoms with E-state index in [0.29, 0.717) is 17.9 Å². The van der Waals surface area contributed by atoms with Crippen molar-refractivity contribution in [2.75, 3.05) is 32.7 Å². The van der Waals surface area contributed by atoms with E-state index in [1.165, 1.54) is 20.4 Å². The standard InChI is InChI=1S/C12H16N2O4/c1-14(7-5-11(15)17-2)10-8-9(4-6-13-10)12(16)18-3/h4,6,8H,5,7H2,1-3H3. The fourth-order valence-electron chi connectivity index (χ4n) is 1.35. The topological polar surface area (TPSA) is 68.7 Å². The van der Waals surface area contributed by atoms with Gasteiger partial charge in [0.25, 0.3) is 0 Å². The van der Waals surface area contributed by atoms with Gasteiger partial charge in [0, 0.05) is 19.8 Å². The number of hydrogen-bond acceptors (Lipinski definition) is 6. The number of carbonyl (C=O) groups is 2. The lowest BCUT2D eigenvalue weighted by Crippen LogP contribution is -2.22. The van der Waals surface area contributed by atoms with Crippen molar-refractivity contribution in [1.82, 2.24) is 4.98 Å². The number of nitrogens with zero attached hydrogens (tertiary/aromatic N) is 2. The molecule has 1 heterocycles. The van der Waals surface area contributed by atoms with Crippen molar-refractivity contribution in [2.45, 2.75) is 6.42 Å². The van der Waals surface area contributed by atoms with E-state index in [-0.39, 0.29) is 12.4 Å². The van der Waals surface area contributed by atoms with Crippen molar-refractivity contribution in [1.29, 1.82) is 0 Å². The Balaban J connectivity index is 2.71. The lowest BCUT2D eigenvalue weighted by atomic mass is 10.2. The summed E-state index contributed by atoms with van der Waals surface area (Å²) in [4.78, 5) is 28.3. The van der Waals surface area contributed by atoms with E-state index in [9.17, 15) is 9.59 Å². The minimum atomic E-state index is -0.417. The third-order valence-corrected chi connectivity index (χ3v) is 2.44. The van der Waals surface area contributed by atoms with Crippen molar-refractivity contribution >= 4 is 17.8 Å². The molecule has 0 aliphatic heterocycles. The van der Waals surface area contributed by atoms with Gasteiger partial charge in [-0.05, 0) is 12.1 Å². The van der Waals surface area contributed by atoms with E-state index in [4.69, 9.17) is 0 Å². The highest BCUT2D eigenvalue weighted by Gasteiger charge is 2.10. The Morgan fingerprint density at radius 2 is 2.06 bits per heavy atom. The third kappa shape index (κ3) is 3.73. The fraction of sp³-hybridized carbons (Fsp3) is 0.417. The predicted octanol–water partition coefficient (Wildman–Crippen LogP) is 0.867. The van der Waals surface area contributed by atoms with Crippen LogP contribution in [0.2, 0.25) is 0 Å². The normalized spacial score (nSPS) is 9.72. The van der Waals surface area contributed by atoms with Crippen LogP contribution in [-0.4, -0.2) is 44.7 Å². The Hall–Kier alpha value is -2.11. The average molecular weight is 252 g/mol. The summed E-state index contributed by atoms with van der Waals surface area (Å²) >= 11 is 0. The summed E-state index contributed by atoms with van der Waals surface area (Å²) in [7, 11) is 4.45. The van der Waals surface area contributed by atoms with Gasteiger partial charge in [0.2, 0.25) is 0 Å². The number of aromatic nitrogens is 1. The summed E-state index contributed by atoms with van der Waals surface area (Å²) in [5, 5.41) is 0. The SMILES string of the molecule is COC(=O)CCN(C)c1cc(C(=O)OC)ccn1. The van der Waals surface area contributed by atoms with Gasteiger partial charge in [-0.1, -0.05) is 0 Å². The van der Waals surface area contributed by atoms with Crippen LogP contribution in [0.15, 0.2) is 18.3 Å². The number of methoxy groups -OCH3 is 2. The zero-order valence-electron chi connectivity index (χ0n) is 10.7. The van der Waals surface area contributed by atoms with Gasteiger partial charge in [-0.25, -0.2) is 9.78 Å². The van der Waals surface area contributed by atoms with Gasteiger partial charge >= 0.3 is 11.9 Å². The van der Waals surface area contributed by atoms with Crippen LogP contribution in [0.3, 0.4) is 0 Å². The van der Waals surface area contributed by atoms with E-state index >= 15 is 0 Å². The molecular weight excluding hydrogens is 236 g/mol. The number of hydrogen-bond donors (Lipinski definition) is 0. The summed E-state index contributed by atoms with van der Waals surface area (Å²) in [5.41, 5.74) is 0.424. The van der Waals surface area contributed by atoms with Gasteiger partial charge in [-0.2, -0.15) is 0 Å². The van der Waals surface area contributed by atoms with Gasteiger partial charge in [0.1, 0.15) is 5.82 Å². The number of ether oxygens (including phenoxy) is 2. The van der Waals surface area contributed by atoms with E-state index in [1.54, 1.807) is 24.1 Å². The monoisotopic (exact) mass is 252 g/mol. The lowest BCUT2D eigenvalue weighted by Gasteiger charge is -2.17. The van der Waals surface area contributed by atoms with Crippen molar-refractivity contribution in [3.8, 4) is 0 Å². The molecule has 0 unspecified atom stereocenters. The molecule has 6 heteroatoms. The number of carbonyl (C=O) groups excluding carboxylic acids is 2. The van der Waals surface area contributed by atoms with E-state index in [0.717, 1.165) is 0 Å². The van der Waals surface area contributed by atoms with E-state index in [1.807, 2.05) is 0 Å². The molecule has 0 amide bonds. The van der Waals surface area contributed by atoms with Crippen LogP contribution >= 0.6 is 0 Å². The number of pyridine rings is 1. The van der Waals surface area contributed by atoms with Crippen LogP contribution in [0.1, 0.15) is 16.8 Å². The number of esters is 2. The Kier molecular flexibility index (Phi) is 5.10. The molecule has 0 atom stereocenters. The van der Waals surface area contributed by atoms with Gasteiger partial charge < -0.3 is 14.4 Å². The molecule has 0 spiro atoms. The van der Waals surface area contributed by atoms with Crippen LogP contribution in [0.5, 0.6) is 0 Å². The van der Waals surface area contributed by atoms with Gasteiger partial charge in [-0.3, -0.25) is 4.79 Å². The molecule has 0 radical (unpaired) electrons. The highest BCUT2D eigenvalue weighted by atomic mass is 16.5. The Bertz CT molecular complexity index is 434. The maximum Gasteiger partial charge on any atom is 0.338 e. The molecule has 18 heavy (non-hydrogen) atoms. The summed E-state index contributed by atoms with van der Waals surface area (Å²) in [5.74, 6) is -0.104. The van der Waals surface area contributed by atoms with Gasteiger partial charge in [-0.15, -0.1) is 0 Å². The molecule has 0 aliphatic rings. The van der Waals surface area contributed by atoms with Crippen molar-refractivity contribution < 1.29 is 19.1 Å². The molecule has 1 rings (SSSR count). The molecule has 98 valence electrons. The van der Waals surface area contributed by atoms with Crippen LogP contribution in [0.25, 0.3) is 0 Å². The lowest BCUT2D eigenvalue weighted by molar-refractivity contribution is -0.140. The maximum absolute atomic E-state index is 11.4. The van der Waals surface area contributed by atoms with Gasteiger partial charge in [0.15, 0.2) is 0 Å². The molecule has 0 N–H and O–H groups in total. The second kappa shape index (κ2) is 6.58. The van der Waals surface area contributed by atoms with Gasteiger partial charge in [0.05, 0.1) is 26.2 Å². The third-order valence-electron chi connectivity index (χ3n) is 2.44. The van der Waals surface area contributed by atoms with E-state index < -0.39 is 5.97 Å². The molecular formula is C12H16N2O4. The minimum Gasteiger partial charge on any atom is -0.469 e. The zero-order chi connectivity index (χ0) is 13.5. The first-order valence-electron chi connectivity index (χ1n) is 5.40. The van der Waals surface area contributed by atoms with E-state index in [2.05, 4.69) is 14.5 Å². The van der Waals surface area contributed by atoms with Crippen molar-refractivity contribution in [2.24, 2.45) is 0 Å². The summed E-state index contributed by atoms with van der Waals surface area (Å²) < 4.78 is 9.18. The summed E-state index contributed by atoms with van der Waals surface area (Å²) in [6.45, 7) is 0.463. The Morgan fingerprint density at radius 1 is 1.33 bits per heavy atom. The Morgan fingerprint density at radius 3 is 2.67 bits per heavy atom. The first-order valence-corrected chi connectivity index (χ1v) is 5.40. The van der Waals surface area contributed by atoms with Crippen LogP contribution in [0, 0.1) is 0 Å². The number of rotatable bonds is 5. The molecule has 6 nitrogen and oxygen atoms in total. The molecule has 1 aromatic heterocycles. The second-order valence-electron chi connectivity index (χ2n) is 3.64. The van der Waals surface area contributed by atoms with Crippen molar-refractivity contribution in [3.05, 3.63) is 23.9 Å². The first kappa shape index (κ1) is 14.0. The highest BCUT2D eigenvalue weighted by molar-refractivity contribution is 5.90.